The zero-order chi connectivity index (χ0) is 7.40. The zero-order valence-electron chi connectivity index (χ0n) is 5.92. The molecule has 1 saturated heterocycles. The molecule has 0 aromatic heterocycles. The topological polar surface area (TPSA) is 50.9 Å². The lowest BCUT2D eigenvalue weighted by molar-refractivity contribution is -0.124. The highest BCUT2D eigenvalue weighted by atomic mass is 16.6. The second kappa shape index (κ2) is 3.53. The van der Waals surface area contributed by atoms with Gasteiger partial charge >= 0.3 is 0 Å². The highest BCUT2D eigenvalue weighted by molar-refractivity contribution is 5.77. The Morgan fingerprint density at radius 3 is 3.10 bits per heavy atom. The van der Waals surface area contributed by atoms with E-state index in [1.807, 2.05) is 0 Å². The van der Waals surface area contributed by atoms with Gasteiger partial charge in [-0.05, 0) is 0 Å². The first-order valence-electron chi connectivity index (χ1n) is 3.20. The van der Waals surface area contributed by atoms with Crippen molar-refractivity contribution in [2.45, 2.75) is 6.10 Å². The Hall–Kier alpha value is -0.610. The number of nitrogens with one attached hydrogen (secondary N) is 1. The second-order valence-corrected chi connectivity index (χ2v) is 2.19. The van der Waals surface area contributed by atoms with Crippen LogP contribution in [-0.4, -0.2) is 38.9 Å². The molecule has 1 atom stereocenters. The van der Waals surface area contributed by atoms with Crippen molar-refractivity contribution in [3.8, 4) is 0 Å². The van der Waals surface area contributed by atoms with Crippen LogP contribution in [0.15, 0.2) is 0 Å². The average molecular weight is 145 g/mol. The molecule has 1 amide bonds. The van der Waals surface area contributed by atoms with Crippen LogP contribution in [0.2, 0.25) is 0 Å². The van der Waals surface area contributed by atoms with Crippen molar-refractivity contribution in [1.82, 2.24) is 5.32 Å². The molecule has 10 heavy (non-hydrogen) atoms. The molecule has 1 N–H and O–H groups in total. The molecule has 4 nitrogen and oxygen atoms in total. The summed E-state index contributed by atoms with van der Waals surface area (Å²) in [4.78, 5) is 10.7. The Bertz CT molecular complexity index is 122. The summed E-state index contributed by atoms with van der Waals surface area (Å²) in [5, 5.41) is 2.66. The van der Waals surface area contributed by atoms with E-state index in [2.05, 4.69) is 10.1 Å². The van der Waals surface area contributed by atoms with E-state index < -0.39 is 0 Å². The van der Waals surface area contributed by atoms with E-state index >= 15 is 0 Å². The molecule has 1 fully saturated rings. The molecule has 4 heteroatoms. The van der Waals surface area contributed by atoms with Crippen molar-refractivity contribution in [3.63, 3.8) is 0 Å². The Labute approximate surface area is 59.5 Å². The van der Waals surface area contributed by atoms with Gasteiger partial charge in [0.25, 0.3) is 0 Å². The lowest BCUT2D eigenvalue weighted by Gasteiger charge is -1.99. The van der Waals surface area contributed by atoms with E-state index in [9.17, 15) is 4.79 Å². The van der Waals surface area contributed by atoms with Crippen LogP contribution in [-0.2, 0) is 14.3 Å². The van der Waals surface area contributed by atoms with Gasteiger partial charge < -0.3 is 14.8 Å². The lowest BCUT2D eigenvalue weighted by Crippen LogP contribution is -2.30. The molecule has 58 valence electrons. The minimum Gasteiger partial charge on any atom is -0.375 e. The van der Waals surface area contributed by atoms with Gasteiger partial charge in [0.05, 0.1) is 12.7 Å². The van der Waals surface area contributed by atoms with Gasteiger partial charge in [0.2, 0.25) is 5.91 Å². The summed E-state index contributed by atoms with van der Waals surface area (Å²) in [6.07, 6.45) is 0.251. The molecule has 0 aromatic rings. The summed E-state index contributed by atoms with van der Waals surface area (Å²) in [7, 11) is 1.49. The van der Waals surface area contributed by atoms with Gasteiger partial charge in [-0.2, -0.15) is 0 Å². The van der Waals surface area contributed by atoms with E-state index in [0.717, 1.165) is 6.61 Å². The van der Waals surface area contributed by atoms with Crippen LogP contribution in [0, 0.1) is 0 Å². The van der Waals surface area contributed by atoms with Gasteiger partial charge in [0.15, 0.2) is 0 Å². The van der Waals surface area contributed by atoms with Crippen molar-refractivity contribution in [2.24, 2.45) is 0 Å². The Kier molecular flexibility index (Phi) is 2.65. The van der Waals surface area contributed by atoms with Gasteiger partial charge in [0, 0.05) is 13.7 Å². The average Bonchev–Trinajstić information content (AvgIpc) is 2.67. The number of carbonyl (C=O) groups excluding carboxylic acids is 1. The summed E-state index contributed by atoms with van der Waals surface area (Å²) in [6.45, 7) is 1.52. The van der Waals surface area contributed by atoms with E-state index in [1.165, 1.54) is 7.11 Å². The lowest BCUT2D eigenvalue weighted by atomic mass is 10.4. The minimum absolute atomic E-state index is 0.0852. The fourth-order valence-electron chi connectivity index (χ4n) is 0.596. The van der Waals surface area contributed by atoms with Gasteiger partial charge in [-0.25, -0.2) is 0 Å². The van der Waals surface area contributed by atoms with Crippen LogP contribution in [0.5, 0.6) is 0 Å². The molecule has 1 aliphatic rings. The number of epoxide rings is 1. The molecule has 0 aliphatic carbocycles. The number of hydrogen-bond donors (Lipinski definition) is 1. The van der Waals surface area contributed by atoms with E-state index in [4.69, 9.17) is 4.74 Å². The molecular weight excluding hydrogens is 134 g/mol. The van der Waals surface area contributed by atoms with Crippen molar-refractivity contribution in [3.05, 3.63) is 0 Å². The van der Waals surface area contributed by atoms with Gasteiger partial charge in [0.1, 0.15) is 6.61 Å². The summed E-state index contributed by atoms with van der Waals surface area (Å²) in [5.74, 6) is -0.0852. The van der Waals surface area contributed by atoms with Crippen LogP contribution >= 0.6 is 0 Å². The molecule has 0 bridgehead atoms. The third-order valence-corrected chi connectivity index (χ3v) is 1.20. The van der Waals surface area contributed by atoms with Crippen molar-refractivity contribution >= 4 is 5.91 Å². The van der Waals surface area contributed by atoms with Gasteiger partial charge in [-0.15, -0.1) is 0 Å². The van der Waals surface area contributed by atoms with Crippen molar-refractivity contribution < 1.29 is 14.3 Å². The normalized spacial score (nSPS) is 22.3. The summed E-state index contributed by atoms with van der Waals surface area (Å²) in [6, 6.07) is 0. The largest absolute Gasteiger partial charge is 0.375 e. The van der Waals surface area contributed by atoms with Crippen LogP contribution < -0.4 is 5.32 Å². The van der Waals surface area contributed by atoms with E-state index in [1.54, 1.807) is 0 Å². The number of rotatable bonds is 4. The molecule has 0 spiro atoms. The molecule has 0 saturated carbocycles. The van der Waals surface area contributed by atoms with Crippen LogP contribution in [0.4, 0.5) is 0 Å². The maximum absolute atomic E-state index is 10.7. The van der Waals surface area contributed by atoms with E-state index in [-0.39, 0.29) is 18.6 Å². The molecule has 1 rings (SSSR count). The number of ether oxygens (including phenoxy) is 2. The summed E-state index contributed by atoms with van der Waals surface area (Å²) >= 11 is 0. The molecule has 0 unspecified atom stereocenters. The molecule has 0 radical (unpaired) electrons. The monoisotopic (exact) mass is 145 g/mol. The standard InChI is InChI=1S/C6H11NO3/c1-9-4-6(8)7-2-5-3-10-5/h5H,2-4H2,1H3,(H,7,8)/t5-/m0/s1. The summed E-state index contributed by atoms with van der Waals surface area (Å²) in [5.41, 5.74) is 0. The highest BCUT2D eigenvalue weighted by Gasteiger charge is 2.22. The van der Waals surface area contributed by atoms with Gasteiger partial charge in [-0.1, -0.05) is 0 Å². The quantitative estimate of drug-likeness (QED) is 0.524. The zero-order valence-corrected chi connectivity index (χ0v) is 5.92. The number of carbonyl (C=O) groups is 1. The maximum Gasteiger partial charge on any atom is 0.246 e. The smallest absolute Gasteiger partial charge is 0.246 e. The fraction of sp³-hybridized carbons (Fsp3) is 0.833. The fourth-order valence-corrected chi connectivity index (χ4v) is 0.596. The summed E-state index contributed by atoms with van der Waals surface area (Å²) < 4.78 is 9.48. The minimum atomic E-state index is -0.0852. The Balaban J connectivity index is 1.94. The number of hydrogen-bond acceptors (Lipinski definition) is 3. The Morgan fingerprint density at radius 2 is 2.60 bits per heavy atom. The molecule has 0 aromatic carbocycles. The first-order valence-corrected chi connectivity index (χ1v) is 3.20. The second-order valence-electron chi connectivity index (χ2n) is 2.19. The van der Waals surface area contributed by atoms with Crippen LogP contribution in [0.3, 0.4) is 0 Å². The van der Waals surface area contributed by atoms with Crippen molar-refractivity contribution in [2.75, 3.05) is 26.9 Å². The molecular formula is C6H11NO3. The molecule has 1 heterocycles. The Morgan fingerprint density at radius 1 is 1.90 bits per heavy atom. The van der Waals surface area contributed by atoms with E-state index in [0.29, 0.717) is 6.54 Å². The third kappa shape index (κ3) is 2.80. The SMILES string of the molecule is COCC(=O)NC[C@H]1CO1. The maximum atomic E-state index is 10.7. The van der Waals surface area contributed by atoms with Crippen LogP contribution in [0.25, 0.3) is 0 Å². The first-order chi connectivity index (χ1) is 4.83. The highest BCUT2D eigenvalue weighted by Crippen LogP contribution is 2.05. The van der Waals surface area contributed by atoms with Crippen LogP contribution in [0.1, 0.15) is 0 Å². The predicted octanol–water partition coefficient (Wildman–Crippen LogP) is -0.852. The first kappa shape index (κ1) is 7.50. The molecule has 1 aliphatic heterocycles. The number of methoxy groups -OCH3 is 1. The predicted molar refractivity (Wildman–Crippen MR) is 34.6 cm³/mol. The van der Waals surface area contributed by atoms with Gasteiger partial charge in [-0.3, -0.25) is 4.79 Å². The third-order valence-electron chi connectivity index (χ3n) is 1.20. The number of amides is 1. The van der Waals surface area contributed by atoms with Crippen molar-refractivity contribution in [1.29, 1.82) is 0 Å².